The molecule has 0 fully saturated rings. The number of nitrogens with zero attached hydrogens (tertiary/aromatic N) is 2. The minimum Gasteiger partial charge on any atom is -0.306 e. The topological polar surface area (TPSA) is 34.4 Å². The van der Waals surface area contributed by atoms with Crippen LogP contribution >= 0.6 is 0 Å². The van der Waals surface area contributed by atoms with E-state index in [1.165, 1.54) is 6.92 Å². The minimum atomic E-state index is 0.00343. The molecule has 0 saturated carbocycles. The van der Waals surface area contributed by atoms with Gasteiger partial charge in [-0.1, -0.05) is 6.07 Å². The number of Topliss-reactive ketones (excluding diaryl/α,β-unsaturated/α-hetero) is 1. The Balaban J connectivity index is 2.79. The van der Waals surface area contributed by atoms with Crippen molar-refractivity contribution in [2.45, 2.75) is 6.92 Å². The molecular weight excluding hydrogens is 152 g/mol. The Morgan fingerprint density at radius 1 is 1.50 bits per heavy atom. The number of rotatable bonds is 1. The summed E-state index contributed by atoms with van der Waals surface area (Å²) in [4.78, 5) is 15.1. The van der Waals surface area contributed by atoms with Crippen molar-refractivity contribution in [3.63, 3.8) is 0 Å². The van der Waals surface area contributed by atoms with Gasteiger partial charge >= 0.3 is 0 Å². The highest BCUT2D eigenvalue weighted by molar-refractivity contribution is 5.98. The summed E-state index contributed by atoms with van der Waals surface area (Å²) >= 11 is 0. The first kappa shape index (κ1) is 7.03. The second kappa shape index (κ2) is 2.44. The maximum Gasteiger partial charge on any atom is 0.180 e. The van der Waals surface area contributed by atoms with Crippen molar-refractivity contribution in [1.29, 1.82) is 0 Å². The van der Waals surface area contributed by atoms with E-state index in [9.17, 15) is 4.79 Å². The molecule has 12 heavy (non-hydrogen) atoms. The molecule has 0 unspecified atom stereocenters. The smallest absolute Gasteiger partial charge is 0.180 e. The van der Waals surface area contributed by atoms with Crippen molar-refractivity contribution < 1.29 is 4.79 Å². The molecule has 0 aliphatic heterocycles. The second-order valence-electron chi connectivity index (χ2n) is 2.64. The third-order valence-electron chi connectivity index (χ3n) is 1.78. The average molecular weight is 160 g/mol. The van der Waals surface area contributed by atoms with E-state index >= 15 is 0 Å². The summed E-state index contributed by atoms with van der Waals surface area (Å²) < 4.78 is 1.83. The standard InChI is InChI=1S/C9H8N2O/c1-7(12)9-8-4-2-3-5-11(8)6-10-9/h2-6H,1H3. The van der Waals surface area contributed by atoms with E-state index < -0.39 is 0 Å². The summed E-state index contributed by atoms with van der Waals surface area (Å²) in [7, 11) is 0. The van der Waals surface area contributed by atoms with E-state index in [1.54, 1.807) is 6.33 Å². The number of aromatic nitrogens is 2. The molecule has 0 aliphatic rings. The fourth-order valence-corrected chi connectivity index (χ4v) is 1.21. The summed E-state index contributed by atoms with van der Waals surface area (Å²) in [6, 6.07) is 5.67. The predicted octanol–water partition coefficient (Wildman–Crippen LogP) is 1.54. The molecule has 60 valence electrons. The zero-order valence-electron chi connectivity index (χ0n) is 6.69. The lowest BCUT2D eigenvalue weighted by Gasteiger charge is -1.91. The molecule has 3 nitrogen and oxygen atoms in total. The van der Waals surface area contributed by atoms with Crippen molar-refractivity contribution in [1.82, 2.24) is 9.38 Å². The molecule has 0 atom stereocenters. The van der Waals surface area contributed by atoms with Crippen molar-refractivity contribution >= 4 is 11.3 Å². The zero-order valence-corrected chi connectivity index (χ0v) is 6.69. The maximum atomic E-state index is 11.0. The molecular formula is C9H8N2O. The number of fused-ring (bicyclic) bond motifs is 1. The number of pyridine rings is 1. The molecule has 0 aliphatic carbocycles. The maximum absolute atomic E-state index is 11.0. The summed E-state index contributed by atoms with van der Waals surface area (Å²) in [5.74, 6) is 0.00343. The molecule has 0 N–H and O–H groups in total. The van der Waals surface area contributed by atoms with Gasteiger partial charge in [0, 0.05) is 13.1 Å². The molecule has 0 spiro atoms. The molecule has 2 aromatic heterocycles. The normalized spacial score (nSPS) is 10.4. The molecule has 2 rings (SSSR count). The minimum absolute atomic E-state index is 0.00343. The molecule has 3 heteroatoms. The third kappa shape index (κ3) is 0.906. The number of carbonyl (C=O) groups is 1. The van der Waals surface area contributed by atoms with Gasteiger partial charge in [-0.15, -0.1) is 0 Å². The summed E-state index contributed by atoms with van der Waals surface area (Å²) in [6.45, 7) is 1.52. The Morgan fingerprint density at radius 3 is 3.08 bits per heavy atom. The second-order valence-corrected chi connectivity index (χ2v) is 2.64. The largest absolute Gasteiger partial charge is 0.306 e. The lowest BCUT2D eigenvalue weighted by Crippen LogP contribution is -1.92. The number of carbonyl (C=O) groups excluding carboxylic acids is 1. The molecule has 0 bridgehead atoms. The highest BCUT2D eigenvalue weighted by Crippen LogP contribution is 2.08. The zero-order chi connectivity index (χ0) is 8.55. The first-order chi connectivity index (χ1) is 5.79. The summed E-state index contributed by atoms with van der Waals surface area (Å²) in [6.07, 6.45) is 3.51. The number of ketones is 1. The van der Waals surface area contributed by atoms with Crippen LogP contribution in [0.2, 0.25) is 0 Å². The van der Waals surface area contributed by atoms with E-state index in [0.29, 0.717) is 5.69 Å². The van der Waals surface area contributed by atoms with Crippen molar-refractivity contribution in [2.75, 3.05) is 0 Å². The number of hydrogen-bond donors (Lipinski definition) is 0. The first-order valence-corrected chi connectivity index (χ1v) is 3.71. The predicted molar refractivity (Wildman–Crippen MR) is 45.2 cm³/mol. The van der Waals surface area contributed by atoms with Gasteiger partial charge in [0.1, 0.15) is 12.0 Å². The summed E-state index contributed by atoms with van der Waals surface area (Å²) in [5, 5.41) is 0. The van der Waals surface area contributed by atoms with Crippen LogP contribution < -0.4 is 0 Å². The van der Waals surface area contributed by atoms with E-state index in [-0.39, 0.29) is 5.78 Å². The Hall–Kier alpha value is -1.64. The van der Waals surface area contributed by atoms with E-state index in [4.69, 9.17) is 0 Å². The lowest BCUT2D eigenvalue weighted by molar-refractivity contribution is 0.101. The Labute approximate surface area is 69.7 Å². The van der Waals surface area contributed by atoms with Gasteiger partial charge in [-0.2, -0.15) is 0 Å². The van der Waals surface area contributed by atoms with E-state index in [1.807, 2.05) is 28.8 Å². The van der Waals surface area contributed by atoms with Gasteiger partial charge in [0.2, 0.25) is 0 Å². The van der Waals surface area contributed by atoms with Crippen LogP contribution in [-0.2, 0) is 0 Å². The Kier molecular flexibility index (Phi) is 1.43. The van der Waals surface area contributed by atoms with Crippen LogP contribution in [0, 0.1) is 0 Å². The fourth-order valence-electron chi connectivity index (χ4n) is 1.21. The van der Waals surface area contributed by atoms with Crippen LogP contribution in [-0.4, -0.2) is 15.2 Å². The van der Waals surface area contributed by atoms with Gasteiger partial charge < -0.3 is 4.40 Å². The Bertz CT molecular complexity index is 431. The van der Waals surface area contributed by atoms with Crippen molar-refractivity contribution in [3.8, 4) is 0 Å². The van der Waals surface area contributed by atoms with E-state index in [0.717, 1.165) is 5.52 Å². The number of hydrogen-bond acceptors (Lipinski definition) is 2. The van der Waals surface area contributed by atoms with Crippen LogP contribution in [0.4, 0.5) is 0 Å². The molecule has 0 radical (unpaired) electrons. The first-order valence-electron chi connectivity index (χ1n) is 3.71. The van der Waals surface area contributed by atoms with Crippen LogP contribution in [0.5, 0.6) is 0 Å². The lowest BCUT2D eigenvalue weighted by atomic mass is 10.2. The summed E-state index contributed by atoms with van der Waals surface area (Å²) in [5.41, 5.74) is 1.40. The highest BCUT2D eigenvalue weighted by atomic mass is 16.1. The number of imidazole rings is 1. The van der Waals surface area contributed by atoms with Crippen LogP contribution in [0.25, 0.3) is 5.52 Å². The molecule has 0 amide bonds. The monoisotopic (exact) mass is 160 g/mol. The third-order valence-corrected chi connectivity index (χ3v) is 1.78. The van der Waals surface area contributed by atoms with Gasteiger partial charge in [-0.3, -0.25) is 4.79 Å². The molecule has 0 saturated heterocycles. The van der Waals surface area contributed by atoms with Crippen LogP contribution in [0.3, 0.4) is 0 Å². The highest BCUT2D eigenvalue weighted by Gasteiger charge is 2.06. The van der Waals surface area contributed by atoms with Gasteiger partial charge in [-0.25, -0.2) is 4.98 Å². The molecule has 0 aromatic carbocycles. The molecule has 2 heterocycles. The van der Waals surface area contributed by atoms with Gasteiger partial charge in [0.05, 0.1) is 5.52 Å². The van der Waals surface area contributed by atoms with Crippen LogP contribution in [0.15, 0.2) is 30.7 Å². The van der Waals surface area contributed by atoms with Gasteiger partial charge in [-0.05, 0) is 12.1 Å². The molecule has 2 aromatic rings. The van der Waals surface area contributed by atoms with E-state index in [2.05, 4.69) is 4.98 Å². The average Bonchev–Trinajstić information content (AvgIpc) is 2.47. The fraction of sp³-hybridized carbons (Fsp3) is 0.111. The van der Waals surface area contributed by atoms with Crippen LogP contribution in [0.1, 0.15) is 17.4 Å². The SMILES string of the molecule is CC(=O)c1ncn2ccccc12. The van der Waals surface area contributed by atoms with Gasteiger partial charge in [0.15, 0.2) is 5.78 Å². The van der Waals surface area contributed by atoms with Crippen molar-refractivity contribution in [2.24, 2.45) is 0 Å². The van der Waals surface area contributed by atoms with Crippen molar-refractivity contribution in [3.05, 3.63) is 36.4 Å². The van der Waals surface area contributed by atoms with Gasteiger partial charge in [0.25, 0.3) is 0 Å². The Morgan fingerprint density at radius 2 is 2.33 bits per heavy atom. The quantitative estimate of drug-likeness (QED) is 0.593.